The molecule has 33 heavy (non-hydrogen) atoms. The molecule has 1 saturated heterocycles. The first-order valence-electron chi connectivity index (χ1n) is 12.9. The second-order valence-corrected chi connectivity index (χ2v) is 10.6. The standard InChI is InChI=1S/C25H40F2N4O2/c1-14-19(13-22(32)29-15(2)18-9-8-16(26)12-20(18)27)25(33)31-21-10-11-28-24(23(14)21)30-17-6-4-3-5-7-17/h15-18,20-21,23-24,28,30H,3-13H2,1-2H3,(H,29,32)(H,31,33)/t15-,16?,18?,20?,21?,23?,24?/m0/s1. The largest absolute Gasteiger partial charge is 0.353 e. The Hall–Kier alpha value is -1.54. The highest BCUT2D eigenvalue weighted by molar-refractivity contribution is 6.00. The lowest BCUT2D eigenvalue weighted by atomic mass is 9.78. The minimum atomic E-state index is -1.25. The first-order valence-corrected chi connectivity index (χ1v) is 12.9. The van der Waals surface area contributed by atoms with Gasteiger partial charge in [-0.1, -0.05) is 24.8 Å². The first kappa shape index (κ1) is 24.6. The number of hydrogen-bond acceptors (Lipinski definition) is 4. The van der Waals surface area contributed by atoms with Crippen molar-refractivity contribution in [1.29, 1.82) is 0 Å². The molecule has 2 saturated carbocycles. The van der Waals surface area contributed by atoms with Crippen LogP contribution in [0.15, 0.2) is 11.1 Å². The van der Waals surface area contributed by atoms with Crippen LogP contribution in [0, 0.1) is 11.8 Å². The van der Waals surface area contributed by atoms with Crippen LogP contribution in [0.4, 0.5) is 8.78 Å². The number of fused-ring (bicyclic) bond motifs is 1. The van der Waals surface area contributed by atoms with Crippen LogP contribution < -0.4 is 21.3 Å². The molecular formula is C25H40F2N4O2. The minimum Gasteiger partial charge on any atom is -0.353 e. The maximum Gasteiger partial charge on any atom is 0.247 e. The molecule has 3 fully saturated rings. The van der Waals surface area contributed by atoms with Gasteiger partial charge in [-0.15, -0.1) is 0 Å². The topological polar surface area (TPSA) is 82.3 Å². The van der Waals surface area contributed by atoms with E-state index in [9.17, 15) is 18.4 Å². The van der Waals surface area contributed by atoms with Gasteiger partial charge >= 0.3 is 0 Å². The van der Waals surface area contributed by atoms with Crippen LogP contribution in [0.1, 0.15) is 78.1 Å². The molecule has 4 rings (SSSR count). The Labute approximate surface area is 196 Å². The van der Waals surface area contributed by atoms with Gasteiger partial charge in [0, 0.05) is 42.0 Å². The number of halogens is 2. The van der Waals surface area contributed by atoms with E-state index in [2.05, 4.69) is 21.3 Å². The van der Waals surface area contributed by atoms with Crippen LogP contribution in [-0.4, -0.2) is 55.0 Å². The fraction of sp³-hybridized carbons (Fsp3) is 0.840. The molecule has 0 aromatic heterocycles. The van der Waals surface area contributed by atoms with Crippen LogP contribution in [0.5, 0.6) is 0 Å². The summed E-state index contributed by atoms with van der Waals surface area (Å²) in [5.74, 6) is -0.724. The van der Waals surface area contributed by atoms with E-state index in [1.807, 2.05) is 6.92 Å². The van der Waals surface area contributed by atoms with Gasteiger partial charge in [0.2, 0.25) is 11.8 Å². The molecule has 186 valence electrons. The zero-order valence-corrected chi connectivity index (χ0v) is 20.0. The predicted molar refractivity (Wildman–Crippen MR) is 124 cm³/mol. The van der Waals surface area contributed by atoms with Crippen molar-refractivity contribution in [3.63, 3.8) is 0 Å². The van der Waals surface area contributed by atoms with Gasteiger partial charge in [0.15, 0.2) is 0 Å². The third-order valence-electron chi connectivity index (χ3n) is 8.33. The summed E-state index contributed by atoms with van der Waals surface area (Å²) in [7, 11) is 0. The number of alkyl halides is 2. The van der Waals surface area contributed by atoms with E-state index < -0.39 is 18.4 Å². The summed E-state index contributed by atoms with van der Waals surface area (Å²) in [4.78, 5) is 25.7. The Morgan fingerprint density at radius 3 is 2.61 bits per heavy atom. The molecule has 7 atom stereocenters. The lowest BCUT2D eigenvalue weighted by Gasteiger charge is -2.45. The minimum absolute atomic E-state index is 0.0171. The molecule has 2 heterocycles. The van der Waals surface area contributed by atoms with Gasteiger partial charge in [0.1, 0.15) is 12.3 Å². The number of piperidine rings is 1. The smallest absolute Gasteiger partial charge is 0.247 e. The quantitative estimate of drug-likeness (QED) is 0.485. The van der Waals surface area contributed by atoms with Crippen LogP contribution in [0.25, 0.3) is 0 Å². The molecule has 2 amide bonds. The van der Waals surface area contributed by atoms with Crippen molar-refractivity contribution in [1.82, 2.24) is 21.3 Å². The molecule has 0 radical (unpaired) electrons. The van der Waals surface area contributed by atoms with Gasteiger partial charge < -0.3 is 16.0 Å². The van der Waals surface area contributed by atoms with E-state index in [1.165, 1.54) is 32.1 Å². The van der Waals surface area contributed by atoms with Crippen molar-refractivity contribution < 1.29 is 18.4 Å². The fourth-order valence-electron chi connectivity index (χ4n) is 6.42. The molecule has 0 aromatic rings. The second-order valence-electron chi connectivity index (χ2n) is 10.6. The molecular weight excluding hydrogens is 426 g/mol. The van der Waals surface area contributed by atoms with Gasteiger partial charge in [-0.05, 0) is 52.5 Å². The fourth-order valence-corrected chi connectivity index (χ4v) is 6.42. The number of carbonyl (C=O) groups excluding carboxylic acids is 2. The number of carbonyl (C=O) groups is 2. The maximum absolute atomic E-state index is 14.3. The Kier molecular flexibility index (Phi) is 8.05. The normalized spacial score (nSPS) is 36.7. The highest BCUT2D eigenvalue weighted by Crippen LogP contribution is 2.34. The lowest BCUT2D eigenvalue weighted by molar-refractivity contribution is -0.125. The second kappa shape index (κ2) is 10.8. The average molecular weight is 467 g/mol. The van der Waals surface area contributed by atoms with E-state index in [4.69, 9.17) is 0 Å². The van der Waals surface area contributed by atoms with Crippen molar-refractivity contribution in [3.8, 4) is 0 Å². The van der Waals surface area contributed by atoms with Gasteiger partial charge in [0.05, 0.1) is 12.6 Å². The summed E-state index contributed by atoms with van der Waals surface area (Å²) in [5, 5.41) is 13.4. The van der Waals surface area contributed by atoms with Gasteiger partial charge in [0.25, 0.3) is 0 Å². The summed E-state index contributed by atoms with van der Waals surface area (Å²) in [6, 6.07) is 0.159. The highest BCUT2D eigenvalue weighted by atomic mass is 19.1. The van der Waals surface area contributed by atoms with Crippen molar-refractivity contribution in [2.45, 2.75) is 115 Å². The molecule has 0 bridgehead atoms. The summed E-state index contributed by atoms with van der Waals surface area (Å²) in [6.07, 6.45) is 5.41. The first-order chi connectivity index (χ1) is 15.8. The summed E-state index contributed by atoms with van der Waals surface area (Å²) >= 11 is 0. The van der Waals surface area contributed by atoms with Crippen molar-refractivity contribution in [3.05, 3.63) is 11.1 Å². The number of rotatable bonds is 6. The van der Waals surface area contributed by atoms with Gasteiger partial charge in [-0.3, -0.25) is 14.9 Å². The van der Waals surface area contributed by atoms with Gasteiger partial charge in [-0.2, -0.15) is 0 Å². The number of amides is 2. The zero-order chi connectivity index (χ0) is 23.5. The van der Waals surface area contributed by atoms with Crippen molar-refractivity contribution in [2.24, 2.45) is 11.8 Å². The molecule has 4 aliphatic rings. The number of nitrogens with one attached hydrogen (secondary N) is 4. The Morgan fingerprint density at radius 1 is 1.12 bits per heavy atom. The Balaban J connectivity index is 1.41. The van der Waals surface area contributed by atoms with Crippen molar-refractivity contribution >= 4 is 11.8 Å². The van der Waals surface area contributed by atoms with Crippen LogP contribution in [-0.2, 0) is 9.59 Å². The van der Waals surface area contributed by atoms with E-state index in [1.54, 1.807) is 6.92 Å². The molecule has 6 nitrogen and oxygen atoms in total. The predicted octanol–water partition coefficient (Wildman–Crippen LogP) is 3.03. The molecule has 8 heteroatoms. The molecule has 4 N–H and O–H groups in total. The van der Waals surface area contributed by atoms with Crippen LogP contribution in [0.3, 0.4) is 0 Å². The zero-order valence-electron chi connectivity index (χ0n) is 20.0. The van der Waals surface area contributed by atoms with Crippen molar-refractivity contribution in [2.75, 3.05) is 6.54 Å². The lowest BCUT2D eigenvalue weighted by Crippen LogP contribution is -2.64. The Morgan fingerprint density at radius 2 is 1.88 bits per heavy atom. The summed E-state index contributed by atoms with van der Waals surface area (Å²) < 4.78 is 27.8. The summed E-state index contributed by atoms with van der Waals surface area (Å²) in [5.41, 5.74) is 1.48. The molecule has 0 spiro atoms. The van der Waals surface area contributed by atoms with Crippen LogP contribution in [0.2, 0.25) is 0 Å². The third kappa shape index (κ3) is 5.76. The molecule has 0 aromatic carbocycles. The van der Waals surface area contributed by atoms with E-state index in [0.717, 1.165) is 18.5 Å². The van der Waals surface area contributed by atoms with E-state index >= 15 is 0 Å². The molecule has 2 aliphatic heterocycles. The SMILES string of the molecule is CC1=C(CC(=O)N[C@@H](C)C2CCC(F)CC2F)C(=O)NC2CCNC(NC3CCCCC3)C12. The molecule has 2 aliphatic carbocycles. The maximum atomic E-state index is 14.3. The van der Waals surface area contributed by atoms with Crippen LogP contribution >= 0.6 is 0 Å². The highest BCUT2D eigenvalue weighted by Gasteiger charge is 2.42. The Bertz CT molecular complexity index is 755. The average Bonchev–Trinajstić information content (AvgIpc) is 2.77. The molecule has 6 unspecified atom stereocenters. The number of hydrogen-bond donors (Lipinski definition) is 4. The van der Waals surface area contributed by atoms with Gasteiger partial charge in [-0.25, -0.2) is 8.78 Å². The monoisotopic (exact) mass is 466 g/mol. The summed E-state index contributed by atoms with van der Waals surface area (Å²) in [6.45, 7) is 4.60. The third-order valence-corrected chi connectivity index (χ3v) is 8.33. The van der Waals surface area contributed by atoms with E-state index in [-0.39, 0.29) is 48.7 Å². The van der Waals surface area contributed by atoms with E-state index in [0.29, 0.717) is 24.5 Å².